The van der Waals surface area contributed by atoms with Crippen molar-refractivity contribution in [2.24, 2.45) is 0 Å². The molecule has 0 spiro atoms. The summed E-state index contributed by atoms with van der Waals surface area (Å²) in [6.07, 6.45) is 0.597. The van der Waals surface area contributed by atoms with E-state index >= 15 is 0 Å². The number of carbonyl (C=O) groups excluding carboxylic acids is 1. The van der Waals surface area contributed by atoms with E-state index in [9.17, 15) is 4.79 Å². The van der Waals surface area contributed by atoms with Crippen LogP contribution in [0.25, 0.3) is 0 Å². The number of amides is 1. The second-order valence-corrected chi connectivity index (χ2v) is 2.34. The minimum atomic E-state index is -0.373. The summed E-state index contributed by atoms with van der Waals surface area (Å²) < 4.78 is 0. The zero-order chi connectivity index (χ0) is 7.98. The highest BCUT2D eigenvalue weighted by Gasteiger charge is 2.01. The largest absolute Gasteiger partial charge is 0.393 e. The number of carbonyl (C=O) groups is 1. The molecule has 0 rings (SSSR count). The van der Waals surface area contributed by atoms with Gasteiger partial charge in [-0.05, 0) is 20.3 Å². The van der Waals surface area contributed by atoms with E-state index in [2.05, 4.69) is 5.32 Å². The molecule has 0 aliphatic rings. The fourth-order valence-electron chi connectivity index (χ4n) is 0.626. The molecule has 60 valence electrons. The second-order valence-electron chi connectivity index (χ2n) is 2.34. The SMILES string of the molecule is CCNC(=O)CCC(C)O. The van der Waals surface area contributed by atoms with Gasteiger partial charge in [0.1, 0.15) is 0 Å². The van der Waals surface area contributed by atoms with Gasteiger partial charge in [0.25, 0.3) is 0 Å². The molecule has 1 amide bonds. The molecule has 0 saturated heterocycles. The Bertz CT molecular complexity index is 102. The van der Waals surface area contributed by atoms with E-state index in [1.54, 1.807) is 6.92 Å². The van der Waals surface area contributed by atoms with Gasteiger partial charge >= 0.3 is 0 Å². The van der Waals surface area contributed by atoms with Gasteiger partial charge in [0, 0.05) is 13.0 Å². The molecule has 0 saturated carbocycles. The first-order valence-electron chi connectivity index (χ1n) is 3.61. The van der Waals surface area contributed by atoms with Crippen molar-refractivity contribution in [3.63, 3.8) is 0 Å². The molecule has 0 aromatic rings. The first-order chi connectivity index (χ1) is 4.66. The lowest BCUT2D eigenvalue weighted by Crippen LogP contribution is -2.23. The van der Waals surface area contributed by atoms with Crippen LogP contribution in [-0.4, -0.2) is 23.7 Å². The maximum atomic E-state index is 10.7. The molecule has 0 heterocycles. The fourth-order valence-corrected chi connectivity index (χ4v) is 0.626. The minimum absolute atomic E-state index is 0.0170. The van der Waals surface area contributed by atoms with Crippen LogP contribution in [0, 0.1) is 0 Å². The number of rotatable bonds is 4. The molecule has 0 aromatic heterocycles. The van der Waals surface area contributed by atoms with Crippen LogP contribution < -0.4 is 5.32 Å². The Hall–Kier alpha value is -0.570. The van der Waals surface area contributed by atoms with Crippen molar-refractivity contribution in [1.82, 2.24) is 5.32 Å². The van der Waals surface area contributed by atoms with Crippen LogP contribution in [0.3, 0.4) is 0 Å². The van der Waals surface area contributed by atoms with Crippen LogP contribution in [0.15, 0.2) is 0 Å². The van der Waals surface area contributed by atoms with E-state index in [0.717, 1.165) is 0 Å². The third-order valence-corrected chi connectivity index (χ3v) is 1.16. The quantitative estimate of drug-likeness (QED) is 0.597. The van der Waals surface area contributed by atoms with Crippen molar-refractivity contribution in [2.75, 3.05) is 6.54 Å². The molecule has 2 N–H and O–H groups in total. The van der Waals surface area contributed by atoms with Gasteiger partial charge < -0.3 is 10.4 Å². The van der Waals surface area contributed by atoms with E-state index in [0.29, 0.717) is 19.4 Å². The lowest BCUT2D eigenvalue weighted by molar-refractivity contribution is -0.121. The zero-order valence-corrected chi connectivity index (χ0v) is 6.55. The first-order valence-corrected chi connectivity index (χ1v) is 3.61. The molecule has 0 fully saturated rings. The standard InChI is InChI=1S/C7H15NO2/c1-3-8-7(10)5-4-6(2)9/h6,9H,3-5H2,1-2H3,(H,8,10). The summed E-state index contributed by atoms with van der Waals surface area (Å²) in [4.78, 5) is 10.7. The van der Waals surface area contributed by atoms with Crippen molar-refractivity contribution >= 4 is 5.91 Å². The highest BCUT2D eigenvalue weighted by molar-refractivity contribution is 5.75. The van der Waals surface area contributed by atoms with Crippen LogP contribution in [0.2, 0.25) is 0 Å². The van der Waals surface area contributed by atoms with Crippen LogP contribution in [0.4, 0.5) is 0 Å². The van der Waals surface area contributed by atoms with Gasteiger partial charge in [-0.3, -0.25) is 4.79 Å². The molecule has 0 aromatic carbocycles. The van der Waals surface area contributed by atoms with E-state index in [4.69, 9.17) is 5.11 Å². The van der Waals surface area contributed by atoms with Gasteiger partial charge in [-0.15, -0.1) is 0 Å². The van der Waals surface area contributed by atoms with Gasteiger partial charge in [-0.1, -0.05) is 0 Å². The van der Waals surface area contributed by atoms with Gasteiger partial charge in [0.15, 0.2) is 0 Å². The van der Waals surface area contributed by atoms with Crippen LogP contribution >= 0.6 is 0 Å². The first kappa shape index (κ1) is 9.43. The Morgan fingerprint density at radius 1 is 1.70 bits per heavy atom. The maximum absolute atomic E-state index is 10.7. The van der Waals surface area contributed by atoms with Crippen LogP contribution in [0.5, 0.6) is 0 Å². The predicted octanol–water partition coefficient (Wildman–Crippen LogP) is 0.283. The third-order valence-electron chi connectivity index (χ3n) is 1.16. The predicted molar refractivity (Wildman–Crippen MR) is 39.6 cm³/mol. The summed E-state index contributed by atoms with van der Waals surface area (Å²) in [6, 6.07) is 0. The molecule has 3 heteroatoms. The third kappa shape index (κ3) is 5.56. The van der Waals surface area contributed by atoms with E-state index in [-0.39, 0.29) is 12.0 Å². The topological polar surface area (TPSA) is 49.3 Å². The van der Waals surface area contributed by atoms with Crippen molar-refractivity contribution in [1.29, 1.82) is 0 Å². The highest BCUT2D eigenvalue weighted by atomic mass is 16.3. The second kappa shape index (κ2) is 5.23. The van der Waals surface area contributed by atoms with Gasteiger partial charge in [0.05, 0.1) is 6.10 Å². The van der Waals surface area contributed by atoms with Crippen LogP contribution in [-0.2, 0) is 4.79 Å². The Morgan fingerprint density at radius 3 is 2.70 bits per heavy atom. The average molecular weight is 145 g/mol. The smallest absolute Gasteiger partial charge is 0.220 e. The monoisotopic (exact) mass is 145 g/mol. The maximum Gasteiger partial charge on any atom is 0.220 e. The molecule has 1 unspecified atom stereocenters. The average Bonchev–Trinajstić information content (AvgIpc) is 1.85. The number of nitrogens with one attached hydrogen (secondary N) is 1. The van der Waals surface area contributed by atoms with E-state index in [1.165, 1.54) is 0 Å². The molecule has 0 radical (unpaired) electrons. The minimum Gasteiger partial charge on any atom is -0.393 e. The Kier molecular flexibility index (Phi) is 4.94. The Labute approximate surface area is 61.4 Å². The van der Waals surface area contributed by atoms with Crippen LogP contribution in [0.1, 0.15) is 26.7 Å². The number of hydrogen-bond donors (Lipinski definition) is 2. The van der Waals surface area contributed by atoms with Gasteiger partial charge in [0.2, 0.25) is 5.91 Å². The lowest BCUT2D eigenvalue weighted by Gasteiger charge is -2.03. The molecule has 3 nitrogen and oxygen atoms in total. The fraction of sp³-hybridized carbons (Fsp3) is 0.857. The molecule has 1 atom stereocenters. The van der Waals surface area contributed by atoms with Crippen molar-refractivity contribution in [2.45, 2.75) is 32.8 Å². The zero-order valence-electron chi connectivity index (χ0n) is 6.55. The van der Waals surface area contributed by atoms with Crippen molar-refractivity contribution in [3.05, 3.63) is 0 Å². The Morgan fingerprint density at radius 2 is 2.30 bits per heavy atom. The Balaban J connectivity index is 3.22. The normalized spacial score (nSPS) is 12.7. The van der Waals surface area contributed by atoms with E-state index in [1.807, 2.05) is 6.92 Å². The van der Waals surface area contributed by atoms with Crippen molar-refractivity contribution < 1.29 is 9.90 Å². The lowest BCUT2D eigenvalue weighted by atomic mass is 10.2. The molecule has 0 aliphatic carbocycles. The number of aliphatic hydroxyl groups is 1. The summed E-state index contributed by atoms with van der Waals surface area (Å²) >= 11 is 0. The summed E-state index contributed by atoms with van der Waals surface area (Å²) in [5.41, 5.74) is 0. The molecular weight excluding hydrogens is 130 g/mol. The van der Waals surface area contributed by atoms with Gasteiger partial charge in [-0.2, -0.15) is 0 Å². The molecular formula is C7H15NO2. The van der Waals surface area contributed by atoms with Crippen molar-refractivity contribution in [3.8, 4) is 0 Å². The van der Waals surface area contributed by atoms with E-state index < -0.39 is 0 Å². The highest BCUT2D eigenvalue weighted by Crippen LogP contribution is 1.94. The number of aliphatic hydroxyl groups excluding tert-OH is 1. The molecule has 0 aliphatic heterocycles. The van der Waals surface area contributed by atoms with Gasteiger partial charge in [-0.25, -0.2) is 0 Å². The summed E-state index contributed by atoms with van der Waals surface area (Å²) in [6.45, 7) is 4.22. The molecule has 0 bridgehead atoms. The summed E-state index contributed by atoms with van der Waals surface area (Å²) in [5, 5.41) is 11.4. The number of hydrogen-bond acceptors (Lipinski definition) is 2. The molecule has 10 heavy (non-hydrogen) atoms. The summed E-state index contributed by atoms with van der Waals surface area (Å²) in [7, 11) is 0. The summed E-state index contributed by atoms with van der Waals surface area (Å²) in [5.74, 6) is 0.0170.